The molecule has 3 unspecified atom stereocenters. The number of guanidine groups is 1. The van der Waals surface area contributed by atoms with Gasteiger partial charge >= 0.3 is 5.97 Å². The van der Waals surface area contributed by atoms with Gasteiger partial charge in [0.15, 0.2) is 9.50 Å². The van der Waals surface area contributed by atoms with Gasteiger partial charge in [0, 0.05) is 23.7 Å². The van der Waals surface area contributed by atoms with E-state index in [1.54, 1.807) is 53.4 Å². The first-order valence-corrected chi connectivity index (χ1v) is 15.7. The molecule has 2 aromatic carbocycles. The third-order valence-electron chi connectivity index (χ3n) is 7.16. The molecule has 1 saturated heterocycles. The first-order valence-electron chi connectivity index (χ1n) is 13.7. The molecule has 1 aromatic heterocycles. The number of carbonyl (C=O) groups is 1. The van der Waals surface area contributed by atoms with Gasteiger partial charge in [0.05, 0.1) is 12.5 Å². The maximum atomic E-state index is 12.6. The van der Waals surface area contributed by atoms with Gasteiger partial charge in [-0.2, -0.15) is 5.26 Å². The fraction of sp³-hybridized carbons (Fsp3) is 0.333. The molecule has 12 nitrogen and oxygen atoms in total. The summed E-state index contributed by atoms with van der Waals surface area (Å²) in [4.78, 5) is 31.1. The Bertz CT molecular complexity index is 1640. The van der Waals surface area contributed by atoms with E-state index < -0.39 is 17.1 Å². The topological polar surface area (TPSA) is 143 Å². The van der Waals surface area contributed by atoms with Gasteiger partial charge < -0.3 is 24.0 Å². The number of hydrogen-bond acceptors (Lipinski definition) is 9. The number of hydrogen-bond donors (Lipinski definition) is 0. The summed E-state index contributed by atoms with van der Waals surface area (Å²) in [6.07, 6.45) is 2.25. The van der Waals surface area contributed by atoms with Crippen molar-refractivity contribution < 1.29 is 24.0 Å². The molecule has 0 amide bonds. The molecule has 2 aliphatic rings. The number of rotatable bonds is 9. The highest BCUT2D eigenvalue weighted by Crippen LogP contribution is 2.60. The first kappa shape index (κ1) is 34.9. The molecular weight excluding hydrogens is 679 g/mol. The fourth-order valence-electron chi connectivity index (χ4n) is 4.82. The molecule has 5 rings (SSSR count). The lowest BCUT2D eigenvalue weighted by molar-refractivity contribution is -0.486. The van der Waals surface area contributed by atoms with Crippen molar-refractivity contribution in [2.75, 3.05) is 20.5 Å². The highest BCUT2D eigenvalue weighted by atomic mass is 35.5. The number of carbonyl (C=O) groups excluding carboxylic acids is 1. The van der Waals surface area contributed by atoms with E-state index in [1.807, 2.05) is 50.2 Å². The highest BCUT2D eigenvalue weighted by molar-refractivity contribution is 7.15. The summed E-state index contributed by atoms with van der Waals surface area (Å²) in [7, 11) is 1.67. The van der Waals surface area contributed by atoms with Crippen molar-refractivity contribution in [2.45, 2.75) is 26.5 Å². The van der Waals surface area contributed by atoms with Gasteiger partial charge in [-0.3, -0.25) is 4.79 Å². The van der Waals surface area contributed by atoms with Gasteiger partial charge in [0.2, 0.25) is 6.10 Å². The van der Waals surface area contributed by atoms with E-state index >= 15 is 0 Å². The van der Waals surface area contributed by atoms with Gasteiger partial charge in [-0.15, -0.1) is 11.3 Å². The van der Waals surface area contributed by atoms with Crippen LogP contribution in [0.5, 0.6) is 11.5 Å². The van der Waals surface area contributed by atoms with Crippen LogP contribution in [-0.2, 0) is 20.8 Å². The van der Waals surface area contributed by atoms with Crippen molar-refractivity contribution in [2.24, 2.45) is 22.4 Å². The quantitative estimate of drug-likeness (QED) is 0.127. The number of esters is 1. The molecule has 3 atom stereocenters. The highest BCUT2D eigenvalue weighted by Gasteiger charge is 2.62. The minimum Gasteiger partial charge on any atom is -0.457 e. The maximum Gasteiger partial charge on any atom is 0.311 e. The smallest absolute Gasteiger partial charge is 0.311 e. The van der Waals surface area contributed by atoms with Crippen LogP contribution in [0.1, 0.15) is 30.4 Å². The molecule has 0 bridgehead atoms. The third kappa shape index (κ3) is 9.31. The zero-order valence-corrected chi connectivity index (χ0v) is 28.0. The van der Waals surface area contributed by atoms with Crippen LogP contribution >= 0.6 is 46.1 Å². The number of ether oxygens (including phenoxy) is 3. The van der Waals surface area contributed by atoms with Crippen LogP contribution in [0.25, 0.3) is 0 Å². The van der Waals surface area contributed by atoms with Crippen molar-refractivity contribution in [1.29, 1.82) is 5.26 Å². The van der Waals surface area contributed by atoms with E-state index in [0.717, 1.165) is 4.88 Å². The number of hydrazone groups is 1. The normalized spacial score (nSPS) is 19.6. The number of para-hydroxylation sites is 1. The lowest BCUT2D eigenvalue weighted by Crippen LogP contribution is -2.49. The molecule has 46 heavy (non-hydrogen) atoms. The number of halogens is 3. The lowest BCUT2D eigenvalue weighted by Gasteiger charge is -2.34. The van der Waals surface area contributed by atoms with Gasteiger partial charge in [-0.05, 0) is 41.7 Å². The number of benzene rings is 2. The third-order valence-corrected chi connectivity index (χ3v) is 8.51. The zero-order valence-electron chi connectivity index (χ0n) is 24.9. The minimum atomic E-state index is -1.03. The standard InChI is InChI=1S/C22H19Cl2NO3.C8H10ClN5O3S/c1-22(2)17(12-19(23)24)20(22)21(26)28-18(13-25)14-7-6-10-16(11-14)27-15-8-4-3-5-9-15;1-12-4-17-5-13(8(12)11-14(15)16)3-6-2-10-7(9)18-6/h3-12,17-18,20H,1-2H3;2H,3-5H2,1H3/b;11-8+. The number of nitro groups is 1. The van der Waals surface area contributed by atoms with Crippen LogP contribution in [0, 0.1) is 38.7 Å². The molecule has 0 N–H and O–H groups in total. The van der Waals surface area contributed by atoms with E-state index in [2.05, 4.69) is 10.1 Å². The summed E-state index contributed by atoms with van der Waals surface area (Å²) in [5, 5.41) is 22.7. The molecule has 242 valence electrons. The Morgan fingerprint density at radius 3 is 2.61 bits per heavy atom. The first-order chi connectivity index (χ1) is 21.9. The average Bonchev–Trinajstić information content (AvgIpc) is 3.29. The monoisotopic (exact) mass is 706 g/mol. The lowest BCUT2D eigenvalue weighted by atomic mass is 10.1. The Kier molecular flexibility index (Phi) is 11.8. The Morgan fingerprint density at radius 2 is 1.98 bits per heavy atom. The van der Waals surface area contributed by atoms with Gasteiger partial charge in [0.1, 0.15) is 40.6 Å². The van der Waals surface area contributed by atoms with Gasteiger partial charge in [-0.1, -0.05) is 79.0 Å². The second-order valence-electron chi connectivity index (χ2n) is 10.8. The number of aromatic nitrogens is 1. The Hall–Kier alpha value is -3.93. The molecule has 2 fully saturated rings. The number of nitrogens with zero attached hydrogens (tertiary/aromatic N) is 6. The van der Waals surface area contributed by atoms with E-state index in [1.165, 1.54) is 11.3 Å². The van der Waals surface area contributed by atoms with Crippen LogP contribution < -0.4 is 4.74 Å². The van der Waals surface area contributed by atoms with Crippen molar-refractivity contribution >= 4 is 58.1 Å². The molecule has 16 heteroatoms. The minimum absolute atomic E-state index is 0.114. The van der Waals surface area contributed by atoms with E-state index in [0.29, 0.717) is 28.1 Å². The molecule has 0 spiro atoms. The second-order valence-corrected chi connectivity index (χ2v) is 13.5. The molecule has 2 heterocycles. The average molecular weight is 708 g/mol. The van der Waals surface area contributed by atoms with Crippen LogP contribution in [0.15, 0.2) is 76.5 Å². The Labute approximate surface area is 284 Å². The van der Waals surface area contributed by atoms with Crippen LogP contribution in [0.2, 0.25) is 4.47 Å². The SMILES string of the molecule is CC1(C)C(C=C(Cl)Cl)C1C(=O)OC(C#N)c1cccc(Oc2ccccc2)c1.CN1COCN(Cc2cnc(Cl)s2)/C1=N/[N+](=O)[O-]. The van der Waals surface area contributed by atoms with Crippen molar-refractivity contribution in [3.8, 4) is 17.6 Å². The summed E-state index contributed by atoms with van der Waals surface area (Å²) in [6.45, 7) is 4.81. The molecule has 1 aliphatic carbocycles. The molecule has 1 saturated carbocycles. The molecule has 0 radical (unpaired) electrons. The van der Waals surface area contributed by atoms with Crippen molar-refractivity contribution in [3.05, 3.63) is 96.4 Å². The molecular formula is C30H29Cl3N6O6S. The number of thiazole rings is 1. The summed E-state index contributed by atoms with van der Waals surface area (Å²) in [6, 6.07) is 18.3. The second kappa shape index (κ2) is 15.6. The van der Waals surface area contributed by atoms with Gasteiger partial charge in [0.25, 0.3) is 5.96 Å². The summed E-state index contributed by atoms with van der Waals surface area (Å²) >= 11 is 18.5. The maximum absolute atomic E-state index is 12.6. The van der Waals surface area contributed by atoms with Crippen LogP contribution in [0.3, 0.4) is 0 Å². The fourth-order valence-corrected chi connectivity index (χ4v) is 6.08. The van der Waals surface area contributed by atoms with Crippen LogP contribution in [-0.4, -0.2) is 52.3 Å². The number of nitriles is 1. The molecule has 3 aromatic rings. The van der Waals surface area contributed by atoms with Crippen molar-refractivity contribution in [1.82, 2.24) is 14.8 Å². The van der Waals surface area contributed by atoms with Gasteiger partial charge in [-0.25, -0.2) is 15.1 Å². The largest absolute Gasteiger partial charge is 0.457 e. The van der Waals surface area contributed by atoms with Crippen molar-refractivity contribution in [3.63, 3.8) is 0 Å². The van der Waals surface area contributed by atoms with E-state index in [9.17, 15) is 20.2 Å². The summed E-state index contributed by atoms with van der Waals surface area (Å²) in [5.41, 5.74) is 0.231. The zero-order chi connectivity index (χ0) is 33.4. The number of allylic oxidation sites excluding steroid dienone is 1. The Balaban J connectivity index is 0.000000230. The molecule has 1 aliphatic heterocycles. The van der Waals surface area contributed by atoms with E-state index in [-0.39, 0.29) is 41.2 Å². The summed E-state index contributed by atoms with van der Waals surface area (Å²) in [5.74, 6) is 0.549. The summed E-state index contributed by atoms with van der Waals surface area (Å²) < 4.78 is 17.1. The van der Waals surface area contributed by atoms with E-state index in [4.69, 9.17) is 49.0 Å². The Morgan fingerprint density at radius 1 is 1.26 bits per heavy atom. The predicted octanol–water partition coefficient (Wildman–Crippen LogP) is 7.20. The van der Waals surface area contributed by atoms with Crippen LogP contribution in [0.4, 0.5) is 0 Å². The predicted molar refractivity (Wildman–Crippen MR) is 174 cm³/mol.